The number of hydrogen-bond acceptors (Lipinski definition) is 6. The van der Waals surface area contributed by atoms with Gasteiger partial charge in [-0.3, -0.25) is 15.0 Å². The van der Waals surface area contributed by atoms with Crippen LogP contribution in [-0.2, 0) is 16.0 Å². The van der Waals surface area contributed by atoms with Crippen molar-refractivity contribution < 1.29 is 23.0 Å². The Hall–Kier alpha value is -3.34. The van der Waals surface area contributed by atoms with E-state index in [-0.39, 0.29) is 42.4 Å². The molecule has 1 amide bonds. The van der Waals surface area contributed by atoms with Gasteiger partial charge < -0.3 is 9.47 Å². The fraction of sp³-hybridized carbons (Fsp3) is 0.292. The number of nitrogens with one attached hydrogen (secondary N) is 1. The third kappa shape index (κ3) is 7.57. The van der Waals surface area contributed by atoms with E-state index in [9.17, 15) is 18.4 Å². The van der Waals surface area contributed by atoms with Gasteiger partial charge in [-0.05, 0) is 35.9 Å². The van der Waals surface area contributed by atoms with Crippen LogP contribution in [0.5, 0.6) is 0 Å². The molecule has 1 aromatic heterocycles. The lowest BCUT2D eigenvalue weighted by Gasteiger charge is -2.26. The van der Waals surface area contributed by atoms with Crippen LogP contribution in [0.15, 0.2) is 59.4 Å². The summed E-state index contributed by atoms with van der Waals surface area (Å²) in [6, 6.07) is 12.7. The van der Waals surface area contributed by atoms with Crippen molar-refractivity contribution in [1.82, 2.24) is 14.7 Å². The summed E-state index contributed by atoms with van der Waals surface area (Å²) in [5.74, 6) is -1.46. The molecule has 0 radical (unpaired) electrons. The lowest BCUT2D eigenvalue weighted by atomic mass is 10.1. The zero-order valence-corrected chi connectivity index (χ0v) is 19.6. The maximum atomic E-state index is 13.6. The number of amides is 1. The van der Waals surface area contributed by atoms with Gasteiger partial charge in [-0.15, -0.1) is 12.4 Å². The van der Waals surface area contributed by atoms with Crippen molar-refractivity contribution in [3.8, 4) is 11.3 Å². The summed E-state index contributed by atoms with van der Waals surface area (Å²) >= 11 is 0. The maximum absolute atomic E-state index is 13.6. The van der Waals surface area contributed by atoms with Gasteiger partial charge >= 0.3 is 6.09 Å². The van der Waals surface area contributed by atoms with E-state index >= 15 is 0 Å². The molecule has 0 saturated carbocycles. The molecule has 2 heterocycles. The number of anilines is 1. The van der Waals surface area contributed by atoms with Crippen LogP contribution in [0.3, 0.4) is 0 Å². The maximum Gasteiger partial charge on any atom is 0.411 e. The predicted molar refractivity (Wildman–Crippen MR) is 129 cm³/mol. The van der Waals surface area contributed by atoms with Gasteiger partial charge in [0.2, 0.25) is 0 Å². The molecule has 0 bridgehead atoms. The van der Waals surface area contributed by atoms with Crippen molar-refractivity contribution in [3.05, 3.63) is 82.1 Å². The van der Waals surface area contributed by atoms with E-state index in [1.54, 1.807) is 24.3 Å². The first-order valence-electron chi connectivity index (χ1n) is 10.8. The van der Waals surface area contributed by atoms with Crippen molar-refractivity contribution in [1.29, 1.82) is 0 Å². The third-order valence-electron chi connectivity index (χ3n) is 5.28. The van der Waals surface area contributed by atoms with Gasteiger partial charge in [0.1, 0.15) is 18.2 Å². The van der Waals surface area contributed by atoms with E-state index in [2.05, 4.69) is 15.3 Å². The van der Waals surface area contributed by atoms with Crippen LogP contribution in [0, 0.1) is 11.6 Å². The smallest absolute Gasteiger partial charge is 0.411 e. The zero-order valence-electron chi connectivity index (χ0n) is 18.8. The number of aromatic nitrogens is 2. The second-order valence-corrected chi connectivity index (χ2v) is 7.79. The van der Waals surface area contributed by atoms with E-state index in [0.29, 0.717) is 31.0 Å². The molecule has 3 aromatic rings. The van der Waals surface area contributed by atoms with Crippen molar-refractivity contribution in [2.24, 2.45) is 0 Å². The van der Waals surface area contributed by atoms with Crippen LogP contribution in [0.1, 0.15) is 5.56 Å². The van der Waals surface area contributed by atoms with Crippen molar-refractivity contribution in [3.63, 3.8) is 0 Å². The van der Waals surface area contributed by atoms with Crippen LogP contribution in [-0.4, -0.2) is 60.2 Å². The Balaban J connectivity index is 0.00000342. The molecular formula is C24H25ClF2N4O4. The number of carbonyl (C=O) groups excluding carboxylic acids is 1. The van der Waals surface area contributed by atoms with Gasteiger partial charge in [0.05, 0.1) is 25.5 Å². The Bertz CT molecular complexity index is 1200. The highest BCUT2D eigenvalue weighted by atomic mass is 35.5. The van der Waals surface area contributed by atoms with Gasteiger partial charge in [0, 0.05) is 43.0 Å². The molecule has 11 heteroatoms. The Kier molecular flexibility index (Phi) is 9.30. The molecule has 8 nitrogen and oxygen atoms in total. The summed E-state index contributed by atoms with van der Waals surface area (Å²) in [5.41, 5.74) is 1.31. The highest BCUT2D eigenvalue weighted by molar-refractivity contribution is 5.85. The standard InChI is InChI=1S/C24H24F2N4O4.ClH/c25-19-13-18(14-20(26)15-19)22-4-5-23(31)30(28-22)16-17-2-1-3-21(12-17)27-24(32)34-11-8-29-6-9-33-10-7-29;/h1-5,12-15H,6-11,16H2,(H,27,32);1H. The quantitative estimate of drug-likeness (QED) is 0.527. The first-order valence-corrected chi connectivity index (χ1v) is 10.8. The minimum absolute atomic E-state index is 0. The van der Waals surface area contributed by atoms with E-state index in [4.69, 9.17) is 9.47 Å². The third-order valence-corrected chi connectivity index (χ3v) is 5.28. The molecule has 1 fully saturated rings. The Morgan fingerprint density at radius 2 is 1.80 bits per heavy atom. The first kappa shape index (κ1) is 26.3. The average molecular weight is 507 g/mol. The van der Waals surface area contributed by atoms with Crippen LogP contribution in [0.2, 0.25) is 0 Å². The molecule has 0 atom stereocenters. The summed E-state index contributed by atoms with van der Waals surface area (Å²) in [5, 5.41) is 6.92. The van der Waals surface area contributed by atoms with E-state index in [1.807, 2.05) is 0 Å². The van der Waals surface area contributed by atoms with Gasteiger partial charge in [-0.25, -0.2) is 18.3 Å². The van der Waals surface area contributed by atoms with Crippen molar-refractivity contribution >= 4 is 24.2 Å². The fourth-order valence-corrected chi connectivity index (χ4v) is 3.58. The Morgan fingerprint density at radius 3 is 2.54 bits per heavy atom. The molecule has 186 valence electrons. The van der Waals surface area contributed by atoms with E-state index in [1.165, 1.54) is 16.8 Å². The summed E-state index contributed by atoms with van der Waals surface area (Å²) in [6.07, 6.45) is -0.573. The SMILES string of the molecule is Cl.O=C(Nc1cccc(Cn2nc(-c3cc(F)cc(F)c3)ccc2=O)c1)OCCN1CCOCC1. The highest BCUT2D eigenvalue weighted by Gasteiger charge is 2.12. The summed E-state index contributed by atoms with van der Waals surface area (Å²) in [6.45, 7) is 3.99. The van der Waals surface area contributed by atoms with Crippen LogP contribution in [0.4, 0.5) is 19.3 Å². The number of rotatable bonds is 7. The second-order valence-electron chi connectivity index (χ2n) is 7.79. The molecule has 0 aliphatic carbocycles. The number of nitrogens with zero attached hydrogens (tertiary/aromatic N) is 3. The topological polar surface area (TPSA) is 85.7 Å². The first-order chi connectivity index (χ1) is 16.5. The number of hydrogen-bond donors (Lipinski definition) is 1. The van der Waals surface area contributed by atoms with Crippen LogP contribution in [0.25, 0.3) is 11.3 Å². The normalized spacial score (nSPS) is 13.7. The summed E-state index contributed by atoms with van der Waals surface area (Å²) in [4.78, 5) is 26.6. The molecule has 1 saturated heterocycles. The van der Waals surface area contributed by atoms with Gasteiger partial charge in [-0.1, -0.05) is 12.1 Å². The molecule has 0 unspecified atom stereocenters. The van der Waals surface area contributed by atoms with E-state index < -0.39 is 17.7 Å². The van der Waals surface area contributed by atoms with Crippen molar-refractivity contribution in [2.45, 2.75) is 6.54 Å². The highest BCUT2D eigenvalue weighted by Crippen LogP contribution is 2.19. The Labute approximate surface area is 206 Å². The molecular weight excluding hydrogens is 482 g/mol. The Morgan fingerprint density at radius 1 is 1.06 bits per heavy atom. The summed E-state index contributed by atoms with van der Waals surface area (Å²) < 4.78 is 38.9. The lowest BCUT2D eigenvalue weighted by Crippen LogP contribution is -2.38. The minimum atomic E-state index is -0.731. The molecule has 2 aromatic carbocycles. The molecule has 0 spiro atoms. The lowest BCUT2D eigenvalue weighted by molar-refractivity contribution is 0.0290. The van der Waals surface area contributed by atoms with Crippen LogP contribution < -0.4 is 10.9 Å². The average Bonchev–Trinajstić information content (AvgIpc) is 2.81. The number of ether oxygens (including phenoxy) is 2. The number of halogens is 3. The predicted octanol–water partition coefficient (Wildman–Crippen LogP) is 3.54. The molecule has 35 heavy (non-hydrogen) atoms. The monoisotopic (exact) mass is 506 g/mol. The second kappa shape index (κ2) is 12.4. The van der Waals surface area contributed by atoms with Gasteiger partial charge in [-0.2, -0.15) is 5.10 Å². The summed E-state index contributed by atoms with van der Waals surface area (Å²) in [7, 11) is 0. The van der Waals surface area contributed by atoms with E-state index in [0.717, 1.165) is 31.3 Å². The van der Waals surface area contributed by atoms with Crippen LogP contribution >= 0.6 is 12.4 Å². The van der Waals surface area contributed by atoms with Gasteiger partial charge in [0.25, 0.3) is 5.56 Å². The van der Waals surface area contributed by atoms with Crippen molar-refractivity contribution in [2.75, 3.05) is 44.8 Å². The number of benzene rings is 2. The molecule has 4 rings (SSSR count). The molecule has 1 N–H and O–H groups in total. The number of morpholine rings is 1. The molecule has 1 aliphatic rings. The molecule has 1 aliphatic heterocycles. The van der Waals surface area contributed by atoms with Gasteiger partial charge in [0.15, 0.2) is 0 Å². The minimum Gasteiger partial charge on any atom is -0.448 e. The number of carbonyl (C=O) groups is 1. The fourth-order valence-electron chi connectivity index (χ4n) is 3.58. The largest absolute Gasteiger partial charge is 0.448 e. The zero-order chi connectivity index (χ0) is 23.9.